The molecule has 22 heavy (non-hydrogen) atoms. The van der Waals surface area contributed by atoms with E-state index >= 15 is 0 Å². The zero-order valence-corrected chi connectivity index (χ0v) is 13.5. The van der Waals surface area contributed by atoms with Gasteiger partial charge in [0.05, 0.1) is 23.3 Å². The van der Waals surface area contributed by atoms with Gasteiger partial charge >= 0.3 is 0 Å². The maximum absolute atomic E-state index is 9.15. The zero-order chi connectivity index (χ0) is 16.1. The van der Waals surface area contributed by atoms with E-state index in [1.165, 1.54) is 0 Å². The molecule has 4 nitrogen and oxygen atoms in total. The Morgan fingerprint density at radius 1 is 0.909 bits per heavy atom. The molecule has 0 radical (unpaired) electrons. The standard InChI is InChI=1S/C16H18Cl2N2O2/c17-14-3-1-11(9-15(14)18)13-10-12(2-4-16(13)19)20(5-7-21)6-8-22/h1-4,9-10,21-22H,5-8,19H2. The summed E-state index contributed by atoms with van der Waals surface area (Å²) in [6.07, 6.45) is 0. The molecular formula is C16H18Cl2N2O2. The highest BCUT2D eigenvalue weighted by atomic mass is 35.5. The molecule has 118 valence electrons. The topological polar surface area (TPSA) is 69.7 Å². The number of nitrogens with two attached hydrogens (primary N) is 1. The van der Waals surface area contributed by atoms with Crippen LogP contribution in [0.3, 0.4) is 0 Å². The van der Waals surface area contributed by atoms with Crippen LogP contribution in [0, 0.1) is 0 Å². The van der Waals surface area contributed by atoms with E-state index in [9.17, 15) is 0 Å². The lowest BCUT2D eigenvalue weighted by Gasteiger charge is -2.24. The minimum atomic E-state index is 0.00643. The Bertz CT molecular complexity index is 644. The summed E-state index contributed by atoms with van der Waals surface area (Å²) < 4.78 is 0. The van der Waals surface area contributed by atoms with Gasteiger partial charge in [0.15, 0.2) is 0 Å². The van der Waals surface area contributed by atoms with Crippen LogP contribution in [-0.4, -0.2) is 36.5 Å². The van der Waals surface area contributed by atoms with Gasteiger partial charge in [0.1, 0.15) is 0 Å². The first-order valence-corrected chi connectivity index (χ1v) is 7.64. The van der Waals surface area contributed by atoms with Crippen molar-refractivity contribution < 1.29 is 10.2 Å². The smallest absolute Gasteiger partial charge is 0.0606 e. The second-order valence-electron chi connectivity index (χ2n) is 4.83. The molecule has 0 saturated carbocycles. The first-order chi connectivity index (χ1) is 10.6. The van der Waals surface area contributed by atoms with Crippen molar-refractivity contribution in [2.45, 2.75) is 0 Å². The van der Waals surface area contributed by atoms with Crippen LogP contribution < -0.4 is 10.6 Å². The van der Waals surface area contributed by atoms with E-state index in [0.717, 1.165) is 16.8 Å². The third-order valence-electron chi connectivity index (χ3n) is 3.37. The molecule has 0 saturated heterocycles. The van der Waals surface area contributed by atoms with E-state index in [-0.39, 0.29) is 13.2 Å². The second kappa shape index (κ2) is 7.70. The van der Waals surface area contributed by atoms with Gasteiger partial charge in [-0.2, -0.15) is 0 Å². The highest BCUT2D eigenvalue weighted by Crippen LogP contribution is 2.34. The van der Waals surface area contributed by atoms with Crippen LogP contribution >= 0.6 is 23.2 Å². The molecule has 0 aliphatic heterocycles. The Labute approximate surface area is 139 Å². The van der Waals surface area contributed by atoms with E-state index in [1.807, 2.05) is 23.1 Å². The number of hydrogen-bond acceptors (Lipinski definition) is 4. The molecule has 0 unspecified atom stereocenters. The summed E-state index contributed by atoms with van der Waals surface area (Å²) in [6.45, 7) is 0.884. The van der Waals surface area contributed by atoms with Crippen LogP contribution in [-0.2, 0) is 0 Å². The molecule has 0 bridgehead atoms. The van der Waals surface area contributed by atoms with Gasteiger partial charge in [-0.1, -0.05) is 29.3 Å². The fourth-order valence-corrected chi connectivity index (χ4v) is 2.56. The summed E-state index contributed by atoms with van der Waals surface area (Å²) >= 11 is 12.0. The normalized spacial score (nSPS) is 10.7. The predicted molar refractivity (Wildman–Crippen MR) is 92.7 cm³/mol. The van der Waals surface area contributed by atoms with Crippen molar-refractivity contribution in [1.82, 2.24) is 0 Å². The third-order valence-corrected chi connectivity index (χ3v) is 4.11. The Morgan fingerprint density at radius 3 is 2.18 bits per heavy atom. The molecule has 0 fully saturated rings. The Morgan fingerprint density at radius 2 is 1.59 bits per heavy atom. The van der Waals surface area contributed by atoms with Crippen molar-refractivity contribution in [2.24, 2.45) is 0 Å². The SMILES string of the molecule is Nc1ccc(N(CCO)CCO)cc1-c1ccc(Cl)c(Cl)c1. The van der Waals surface area contributed by atoms with Gasteiger partial charge in [0.25, 0.3) is 0 Å². The molecule has 0 aliphatic rings. The van der Waals surface area contributed by atoms with Gasteiger partial charge in [-0.3, -0.25) is 0 Å². The number of aliphatic hydroxyl groups excluding tert-OH is 2. The minimum absolute atomic E-state index is 0.00643. The van der Waals surface area contributed by atoms with E-state index in [1.54, 1.807) is 18.2 Å². The van der Waals surface area contributed by atoms with Gasteiger partial charge in [-0.25, -0.2) is 0 Å². The van der Waals surface area contributed by atoms with E-state index in [2.05, 4.69) is 0 Å². The average Bonchev–Trinajstić information content (AvgIpc) is 2.50. The lowest BCUT2D eigenvalue weighted by Crippen LogP contribution is -2.29. The van der Waals surface area contributed by atoms with Crippen LogP contribution in [0.25, 0.3) is 11.1 Å². The number of aliphatic hydroxyl groups is 2. The Hall–Kier alpha value is -1.46. The molecule has 0 atom stereocenters. The fraction of sp³-hybridized carbons (Fsp3) is 0.250. The second-order valence-corrected chi connectivity index (χ2v) is 5.65. The van der Waals surface area contributed by atoms with Crippen molar-refractivity contribution in [2.75, 3.05) is 36.9 Å². The first-order valence-electron chi connectivity index (χ1n) is 6.88. The Balaban J connectivity index is 2.43. The van der Waals surface area contributed by atoms with Crippen molar-refractivity contribution in [1.29, 1.82) is 0 Å². The van der Waals surface area contributed by atoms with Gasteiger partial charge in [-0.05, 0) is 35.9 Å². The number of hydrogen-bond donors (Lipinski definition) is 3. The summed E-state index contributed by atoms with van der Waals surface area (Å²) in [6, 6.07) is 10.9. The number of benzene rings is 2. The van der Waals surface area contributed by atoms with Crippen molar-refractivity contribution in [3.8, 4) is 11.1 Å². The molecule has 0 aliphatic carbocycles. The molecule has 0 aromatic heterocycles. The molecule has 0 heterocycles. The van der Waals surface area contributed by atoms with Gasteiger partial charge in [-0.15, -0.1) is 0 Å². The molecule has 6 heteroatoms. The number of halogens is 2. The maximum atomic E-state index is 9.15. The van der Waals surface area contributed by atoms with Crippen molar-refractivity contribution in [3.05, 3.63) is 46.4 Å². The lowest BCUT2D eigenvalue weighted by atomic mass is 10.0. The summed E-state index contributed by atoms with van der Waals surface area (Å²) in [4.78, 5) is 1.89. The molecule has 2 aromatic carbocycles. The highest BCUT2D eigenvalue weighted by molar-refractivity contribution is 6.42. The van der Waals surface area contributed by atoms with Crippen molar-refractivity contribution in [3.63, 3.8) is 0 Å². The van der Waals surface area contributed by atoms with Crippen LogP contribution in [0.5, 0.6) is 0 Å². The lowest BCUT2D eigenvalue weighted by molar-refractivity contribution is 0.281. The molecule has 2 aromatic rings. The zero-order valence-electron chi connectivity index (χ0n) is 12.0. The quantitative estimate of drug-likeness (QED) is 0.707. The van der Waals surface area contributed by atoms with Crippen LogP contribution in [0.2, 0.25) is 10.0 Å². The summed E-state index contributed by atoms with van der Waals surface area (Å²) in [7, 11) is 0. The minimum Gasteiger partial charge on any atom is -0.398 e. The van der Waals surface area contributed by atoms with Crippen LogP contribution in [0.4, 0.5) is 11.4 Å². The summed E-state index contributed by atoms with van der Waals surface area (Å²) in [5.41, 5.74) is 9.25. The maximum Gasteiger partial charge on any atom is 0.0606 e. The monoisotopic (exact) mass is 340 g/mol. The van der Waals surface area contributed by atoms with Gasteiger partial charge < -0.3 is 20.8 Å². The number of anilines is 2. The summed E-state index contributed by atoms with van der Waals surface area (Å²) in [5, 5.41) is 19.3. The average molecular weight is 341 g/mol. The molecule has 0 amide bonds. The molecule has 4 N–H and O–H groups in total. The largest absolute Gasteiger partial charge is 0.398 e. The number of rotatable bonds is 6. The third kappa shape index (κ3) is 3.84. The number of nitrogen functional groups attached to an aromatic ring is 1. The highest BCUT2D eigenvalue weighted by Gasteiger charge is 2.10. The summed E-state index contributed by atoms with van der Waals surface area (Å²) in [5.74, 6) is 0. The van der Waals surface area contributed by atoms with Crippen LogP contribution in [0.1, 0.15) is 0 Å². The molecule has 0 spiro atoms. The predicted octanol–water partition coefficient (Wildman–Crippen LogP) is 3.03. The van der Waals surface area contributed by atoms with Crippen LogP contribution in [0.15, 0.2) is 36.4 Å². The first kappa shape index (κ1) is 16.9. The van der Waals surface area contributed by atoms with E-state index in [4.69, 9.17) is 39.1 Å². The fourth-order valence-electron chi connectivity index (χ4n) is 2.27. The van der Waals surface area contributed by atoms with Crippen molar-refractivity contribution >= 4 is 34.6 Å². The number of nitrogens with zero attached hydrogens (tertiary/aromatic N) is 1. The van der Waals surface area contributed by atoms with E-state index < -0.39 is 0 Å². The van der Waals surface area contributed by atoms with Gasteiger partial charge in [0.2, 0.25) is 0 Å². The molecular weight excluding hydrogens is 323 g/mol. The van der Waals surface area contributed by atoms with E-state index in [0.29, 0.717) is 28.8 Å². The molecule has 2 rings (SSSR count). The van der Waals surface area contributed by atoms with Gasteiger partial charge in [0, 0.05) is 30.0 Å². The Kier molecular flexibility index (Phi) is 5.91.